The summed E-state index contributed by atoms with van der Waals surface area (Å²) in [7, 11) is 0. The van der Waals surface area contributed by atoms with E-state index in [1.54, 1.807) is 0 Å². The monoisotopic (exact) mass is 341 g/mol. The Kier molecular flexibility index (Phi) is 5.47. The highest BCUT2D eigenvalue weighted by Gasteiger charge is 2.39. The van der Waals surface area contributed by atoms with Crippen molar-refractivity contribution in [3.8, 4) is 11.8 Å². The summed E-state index contributed by atoms with van der Waals surface area (Å²) in [5.74, 6) is -2.25. The SMILES string of the molecule is CCOC(=O)Cc1cc(OC(F)(F)F)c(C#N)c(C(F)(F)F)c1. The van der Waals surface area contributed by atoms with E-state index in [-0.39, 0.29) is 6.61 Å². The Balaban J connectivity index is 3.42. The average molecular weight is 341 g/mol. The van der Waals surface area contributed by atoms with Crippen LogP contribution in [0.25, 0.3) is 0 Å². The lowest BCUT2D eigenvalue weighted by Crippen LogP contribution is -2.20. The number of alkyl halides is 6. The van der Waals surface area contributed by atoms with Crippen LogP contribution in [0.3, 0.4) is 0 Å². The van der Waals surface area contributed by atoms with E-state index in [0.717, 1.165) is 6.07 Å². The predicted molar refractivity (Wildman–Crippen MR) is 63.2 cm³/mol. The lowest BCUT2D eigenvalue weighted by atomic mass is 10.0. The number of halogens is 6. The van der Waals surface area contributed by atoms with Crippen LogP contribution in [0.5, 0.6) is 5.75 Å². The molecule has 4 nitrogen and oxygen atoms in total. The third kappa shape index (κ3) is 5.36. The van der Waals surface area contributed by atoms with E-state index in [0.29, 0.717) is 12.1 Å². The summed E-state index contributed by atoms with van der Waals surface area (Å²) in [6.07, 6.45) is -11.1. The van der Waals surface area contributed by atoms with Gasteiger partial charge in [-0.2, -0.15) is 18.4 Å². The van der Waals surface area contributed by atoms with Crippen molar-refractivity contribution in [2.45, 2.75) is 25.9 Å². The van der Waals surface area contributed by atoms with Gasteiger partial charge < -0.3 is 9.47 Å². The first kappa shape index (κ1) is 18.6. The number of hydrogen-bond donors (Lipinski definition) is 0. The first-order valence-electron chi connectivity index (χ1n) is 6.03. The molecule has 0 aliphatic carbocycles. The minimum atomic E-state index is -5.29. The molecular formula is C13H9F6NO3. The van der Waals surface area contributed by atoms with Crippen molar-refractivity contribution in [1.82, 2.24) is 0 Å². The van der Waals surface area contributed by atoms with E-state index in [4.69, 9.17) is 5.26 Å². The molecule has 1 rings (SSSR count). The van der Waals surface area contributed by atoms with Crippen molar-refractivity contribution < 1.29 is 40.6 Å². The smallest absolute Gasteiger partial charge is 0.466 e. The largest absolute Gasteiger partial charge is 0.573 e. The third-order valence-corrected chi connectivity index (χ3v) is 2.46. The molecule has 126 valence electrons. The quantitative estimate of drug-likeness (QED) is 0.620. The summed E-state index contributed by atoms with van der Waals surface area (Å²) in [6.45, 7) is 1.41. The van der Waals surface area contributed by atoms with Crippen molar-refractivity contribution in [2.24, 2.45) is 0 Å². The minimum Gasteiger partial charge on any atom is -0.466 e. The summed E-state index contributed by atoms with van der Waals surface area (Å²) in [6, 6.07) is 2.01. The van der Waals surface area contributed by atoms with Gasteiger partial charge in [-0.25, -0.2) is 0 Å². The number of esters is 1. The van der Waals surface area contributed by atoms with Crippen LogP contribution in [0.4, 0.5) is 26.3 Å². The Labute approximate surface area is 126 Å². The van der Waals surface area contributed by atoms with Gasteiger partial charge in [-0.3, -0.25) is 4.79 Å². The van der Waals surface area contributed by atoms with E-state index >= 15 is 0 Å². The molecule has 0 aliphatic rings. The second-order valence-corrected chi connectivity index (χ2v) is 4.16. The van der Waals surface area contributed by atoms with Gasteiger partial charge in [-0.05, 0) is 24.6 Å². The highest BCUT2D eigenvalue weighted by atomic mass is 19.4. The number of hydrogen-bond acceptors (Lipinski definition) is 4. The number of nitriles is 1. The number of rotatable bonds is 4. The van der Waals surface area contributed by atoms with Gasteiger partial charge in [0.1, 0.15) is 17.4 Å². The number of benzene rings is 1. The molecular weight excluding hydrogens is 332 g/mol. The van der Waals surface area contributed by atoms with Gasteiger partial charge in [0, 0.05) is 0 Å². The zero-order valence-electron chi connectivity index (χ0n) is 11.5. The number of ether oxygens (including phenoxy) is 2. The molecule has 0 atom stereocenters. The lowest BCUT2D eigenvalue weighted by molar-refractivity contribution is -0.274. The van der Waals surface area contributed by atoms with E-state index in [1.165, 1.54) is 6.92 Å². The van der Waals surface area contributed by atoms with Gasteiger partial charge in [-0.1, -0.05) is 0 Å². The number of carbonyl (C=O) groups excluding carboxylic acids is 1. The summed E-state index contributed by atoms with van der Waals surface area (Å²) in [5, 5.41) is 8.73. The van der Waals surface area contributed by atoms with Crippen LogP contribution in [-0.4, -0.2) is 18.9 Å². The van der Waals surface area contributed by atoms with Gasteiger partial charge in [0.15, 0.2) is 0 Å². The second kappa shape index (κ2) is 6.76. The Morgan fingerprint density at radius 3 is 2.26 bits per heavy atom. The topological polar surface area (TPSA) is 59.3 Å². The summed E-state index contributed by atoms with van der Waals surface area (Å²) < 4.78 is 83.6. The molecule has 0 aliphatic heterocycles. The fourth-order valence-corrected chi connectivity index (χ4v) is 1.70. The molecule has 0 N–H and O–H groups in total. The van der Waals surface area contributed by atoms with Crippen LogP contribution in [0, 0.1) is 11.3 Å². The lowest BCUT2D eigenvalue weighted by Gasteiger charge is -2.16. The standard InChI is InChI=1S/C13H9F6NO3/c1-2-22-11(21)5-7-3-9(12(14,15)16)8(6-20)10(4-7)23-13(17,18)19/h3-4H,2,5H2,1H3. The van der Waals surface area contributed by atoms with Gasteiger partial charge in [-0.15, -0.1) is 13.2 Å². The maximum atomic E-state index is 12.9. The molecule has 10 heteroatoms. The Morgan fingerprint density at radius 2 is 1.83 bits per heavy atom. The van der Waals surface area contributed by atoms with Crippen LogP contribution >= 0.6 is 0 Å². The molecule has 0 radical (unpaired) electrons. The van der Waals surface area contributed by atoms with Crippen LogP contribution in [0.1, 0.15) is 23.6 Å². The second-order valence-electron chi connectivity index (χ2n) is 4.16. The molecule has 0 aromatic heterocycles. The van der Waals surface area contributed by atoms with Crippen LogP contribution in [-0.2, 0) is 22.1 Å². The van der Waals surface area contributed by atoms with Gasteiger partial charge in [0.25, 0.3) is 0 Å². The van der Waals surface area contributed by atoms with E-state index in [1.807, 2.05) is 0 Å². The zero-order chi connectivity index (χ0) is 17.8. The maximum absolute atomic E-state index is 12.9. The van der Waals surface area contributed by atoms with Crippen LogP contribution in [0.2, 0.25) is 0 Å². The molecule has 0 unspecified atom stereocenters. The summed E-state index contributed by atoms with van der Waals surface area (Å²) in [5.41, 5.74) is -3.36. The summed E-state index contributed by atoms with van der Waals surface area (Å²) in [4.78, 5) is 11.3. The first-order chi connectivity index (χ1) is 10.5. The zero-order valence-corrected chi connectivity index (χ0v) is 11.5. The van der Waals surface area contributed by atoms with Crippen molar-refractivity contribution in [3.05, 3.63) is 28.8 Å². The number of nitrogens with zero attached hydrogens (tertiary/aromatic N) is 1. The van der Waals surface area contributed by atoms with E-state index in [2.05, 4.69) is 9.47 Å². The van der Waals surface area contributed by atoms with Crippen molar-refractivity contribution in [2.75, 3.05) is 6.61 Å². The molecule has 0 heterocycles. The molecule has 0 fully saturated rings. The van der Waals surface area contributed by atoms with E-state index in [9.17, 15) is 31.1 Å². The highest BCUT2D eigenvalue weighted by Crippen LogP contribution is 2.38. The fraction of sp³-hybridized carbons (Fsp3) is 0.385. The minimum absolute atomic E-state index is 0.0485. The first-order valence-corrected chi connectivity index (χ1v) is 6.03. The van der Waals surface area contributed by atoms with Crippen molar-refractivity contribution in [3.63, 3.8) is 0 Å². The van der Waals surface area contributed by atoms with Gasteiger partial charge in [0.05, 0.1) is 18.6 Å². The Bertz CT molecular complexity index is 630. The molecule has 0 amide bonds. The Hall–Kier alpha value is -2.44. The van der Waals surface area contributed by atoms with Gasteiger partial charge >= 0.3 is 18.5 Å². The molecule has 0 spiro atoms. The highest BCUT2D eigenvalue weighted by molar-refractivity contribution is 5.73. The van der Waals surface area contributed by atoms with Crippen LogP contribution < -0.4 is 4.74 Å². The molecule has 23 heavy (non-hydrogen) atoms. The van der Waals surface area contributed by atoms with Crippen LogP contribution in [0.15, 0.2) is 12.1 Å². The van der Waals surface area contributed by atoms with E-state index < -0.39 is 47.4 Å². The molecule has 0 saturated carbocycles. The third-order valence-electron chi connectivity index (χ3n) is 2.46. The molecule has 0 saturated heterocycles. The summed E-state index contributed by atoms with van der Waals surface area (Å²) >= 11 is 0. The molecule has 1 aromatic rings. The number of carbonyl (C=O) groups is 1. The van der Waals surface area contributed by atoms with Crippen molar-refractivity contribution >= 4 is 5.97 Å². The average Bonchev–Trinajstić information content (AvgIpc) is 2.35. The molecule has 0 bridgehead atoms. The Morgan fingerprint density at radius 1 is 1.22 bits per heavy atom. The van der Waals surface area contributed by atoms with Crippen molar-refractivity contribution in [1.29, 1.82) is 5.26 Å². The fourth-order valence-electron chi connectivity index (χ4n) is 1.70. The molecule has 1 aromatic carbocycles. The predicted octanol–water partition coefficient (Wildman–Crippen LogP) is 3.58. The normalized spacial score (nSPS) is 11.7. The van der Waals surface area contributed by atoms with Gasteiger partial charge in [0.2, 0.25) is 0 Å². The maximum Gasteiger partial charge on any atom is 0.573 e.